The highest BCUT2D eigenvalue weighted by molar-refractivity contribution is 5.66. The Bertz CT molecular complexity index is 383. The number of fused-ring (bicyclic) bond motifs is 1. The largest absolute Gasteiger partial charge is 0.460 e. The van der Waals surface area contributed by atoms with Gasteiger partial charge in [-0.05, 0) is 69.6 Å². The summed E-state index contributed by atoms with van der Waals surface area (Å²) in [7, 11) is 0. The van der Waals surface area contributed by atoms with Crippen molar-refractivity contribution in [3.8, 4) is 0 Å². The van der Waals surface area contributed by atoms with Crippen LogP contribution in [0.15, 0.2) is 12.2 Å². The van der Waals surface area contributed by atoms with E-state index in [2.05, 4.69) is 27.4 Å². The first kappa shape index (κ1) is 14.6. The van der Waals surface area contributed by atoms with Crippen molar-refractivity contribution in [1.29, 1.82) is 0 Å². The number of ether oxygens (including phenoxy) is 1. The van der Waals surface area contributed by atoms with Crippen LogP contribution in [-0.2, 0) is 9.53 Å². The molecule has 108 valence electrons. The predicted molar refractivity (Wildman–Crippen MR) is 77.8 cm³/mol. The molecule has 0 saturated heterocycles. The van der Waals surface area contributed by atoms with Crippen LogP contribution < -0.4 is 0 Å². The maximum atomic E-state index is 11.3. The molecule has 2 aliphatic rings. The molecule has 0 amide bonds. The van der Waals surface area contributed by atoms with Crippen LogP contribution in [0.2, 0.25) is 0 Å². The van der Waals surface area contributed by atoms with Crippen LogP contribution in [0.5, 0.6) is 0 Å². The third kappa shape index (κ3) is 2.88. The average molecular weight is 264 g/mol. The second-order valence-electron chi connectivity index (χ2n) is 7.39. The van der Waals surface area contributed by atoms with Crippen molar-refractivity contribution in [3.63, 3.8) is 0 Å². The predicted octanol–water partition coefficient (Wildman–Crippen LogP) is 4.49. The van der Waals surface area contributed by atoms with E-state index < -0.39 is 0 Å². The molecule has 0 heterocycles. The van der Waals surface area contributed by atoms with Gasteiger partial charge in [0.15, 0.2) is 0 Å². The van der Waals surface area contributed by atoms with Crippen LogP contribution >= 0.6 is 0 Å². The number of hydrogen-bond donors (Lipinski definition) is 0. The Morgan fingerprint density at radius 2 is 2.11 bits per heavy atom. The molecule has 2 rings (SSSR count). The number of allylic oxidation sites excluding steroid dienone is 1. The van der Waals surface area contributed by atoms with Gasteiger partial charge < -0.3 is 4.74 Å². The lowest BCUT2D eigenvalue weighted by atomic mass is 9.55. The zero-order valence-corrected chi connectivity index (χ0v) is 12.9. The van der Waals surface area contributed by atoms with Crippen LogP contribution in [0.4, 0.5) is 0 Å². The Hall–Kier alpha value is -0.790. The normalized spacial score (nSPS) is 35.7. The molecule has 2 heteroatoms. The Balaban J connectivity index is 2.12. The standard InChI is InChI=1S/C17H28O2/c1-12-7-6-9-17(5)10-8-14(11-15(12)17)16(3,4)19-13(2)18/h14-15H,1,6-11H2,2-5H3/t14-,15?,17-/m1/s1. The number of carbonyl (C=O) groups is 1. The lowest BCUT2D eigenvalue weighted by molar-refractivity contribution is -0.162. The first-order valence-electron chi connectivity index (χ1n) is 7.62. The quantitative estimate of drug-likeness (QED) is 0.542. The van der Waals surface area contributed by atoms with Gasteiger partial charge in [-0.25, -0.2) is 0 Å². The summed E-state index contributed by atoms with van der Waals surface area (Å²) in [5.74, 6) is 0.917. The maximum absolute atomic E-state index is 11.3. The Kier molecular flexibility index (Phi) is 3.81. The highest BCUT2D eigenvalue weighted by Crippen LogP contribution is 2.55. The van der Waals surface area contributed by atoms with Gasteiger partial charge in [-0.15, -0.1) is 0 Å². The summed E-state index contributed by atoms with van der Waals surface area (Å²) in [6, 6.07) is 0. The van der Waals surface area contributed by atoms with Crippen molar-refractivity contribution < 1.29 is 9.53 Å². The van der Waals surface area contributed by atoms with Gasteiger partial charge in [-0.1, -0.05) is 19.1 Å². The fraction of sp³-hybridized carbons (Fsp3) is 0.824. The van der Waals surface area contributed by atoms with E-state index in [1.165, 1.54) is 44.6 Å². The fourth-order valence-corrected chi connectivity index (χ4v) is 4.30. The lowest BCUT2D eigenvalue weighted by Crippen LogP contribution is -2.45. The van der Waals surface area contributed by atoms with Gasteiger partial charge in [0.05, 0.1) is 0 Å². The van der Waals surface area contributed by atoms with Crippen LogP contribution in [0, 0.1) is 17.3 Å². The second-order valence-corrected chi connectivity index (χ2v) is 7.39. The summed E-state index contributed by atoms with van der Waals surface area (Å²) < 4.78 is 5.56. The topological polar surface area (TPSA) is 26.3 Å². The molecule has 0 aromatic rings. The van der Waals surface area contributed by atoms with Crippen molar-refractivity contribution in [2.75, 3.05) is 0 Å². The molecule has 2 aliphatic carbocycles. The maximum Gasteiger partial charge on any atom is 0.303 e. The number of esters is 1. The molecular formula is C17H28O2. The van der Waals surface area contributed by atoms with Crippen LogP contribution in [0.3, 0.4) is 0 Å². The first-order valence-corrected chi connectivity index (χ1v) is 7.62. The van der Waals surface area contributed by atoms with E-state index in [9.17, 15) is 4.79 Å². The number of hydrogen-bond acceptors (Lipinski definition) is 2. The third-order valence-electron chi connectivity index (χ3n) is 5.55. The van der Waals surface area contributed by atoms with Gasteiger partial charge in [-0.3, -0.25) is 4.79 Å². The minimum Gasteiger partial charge on any atom is -0.460 e. The molecular weight excluding hydrogens is 236 g/mol. The first-order chi connectivity index (χ1) is 8.74. The molecule has 2 fully saturated rings. The smallest absolute Gasteiger partial charge is 0.303 e. The molecule has 0 N–H and O–H groups in total. The van der Waals surface area contributed by atoms with Gasteiger partial charge >= 0.3 is 5.97 Å². The highest BCUT2D eigenvalue weighted by Gasteiger charge is 2.47. The van der Waals surface area contributed by atoms with Crippen LogP contribution in [0.1, 0.15) is 66.2 Å². The highest BCUT2D eigenvalue weighted by atomic mass is 16.6. The zero-order valence-electron chi connectivity index (χ0n) is 12.9. The molecule has 2 saturated carbocycles. The minimum atomic E-state index is -0.342. The van der Waals surface area contributed by atoms with E-state index in [-0.39, 0.29) is 11.6 Å². The van der Waals surface area contributed by atoms with E-state index in [1.807, 2.05) is 0 Å². The van der Waals surface area contributed by atoms with Crippen molar-refractivity contribution in [3.05, 3.63) is 12.2 Å². The molecule has 0 radical (unpaired) electrons. The molecule has 0 aromatic carbocycles. The Morgan fingerprint density at radius 3 is 2.74 bits per heavy atom. The summed E-state index contributed by atoms with van der Waals surface area (Å²) in [6.07, 6.45) is 7.35. The molecule has 2 nitrogen and oxygen atoms in total. The van der Waals surface area contributed by atoms with Crippen molar-refractivity contribution >= 4 is 5.97 Å². The third-order valence-corrected chi connectivity index (χ3v) is 5.55. The van der Waals surface area contributed by atoms with E-state index in [4.69, 9.17) is 4.74 Å². The molecule has 0 aliphatic heterocycles. The Labute approximate surface area is 117 Å². The molecule has 0 bridgehead atoms. The van der Waals surface area contributed by atoms with E-state index in [1.54, 1.807) is 0 Å². The molecule has 19 heavy (non-hydrogen) atoms. The Morgan fingerprint density at radius 1 is 1.42 bits per heavy atom. The minimum absolute atomic E-state index is 0.166. The van der Waals surface area contributed by atoms with Gasteiger partial charge in [-0.2, -0.15) is 0 Å². The molecule has 0 aromatic heterocycles. The van der Waals surface area contributed by atoms with Crippen molar-refractivity contribution in [2.45, 2.75) is 71.8 Å². The molecule has 0 spiro atoms. The lowest BCUT2D eigenvalue weighted by Gasteiger charge is -2.51. The SMILES string of the molecule is C=C1CCC[C@]2(C)CC[C@@H](C(C)(C)OC(C)=O)CC12. The summed E-state index contributed by atoms with van der Waals surface area (Å²) in [5, 5.41) is 0. The number of carbonyl (C=O) groups excluding carboxylic acids is 1. The van der Waals surface area contributed by atoms with Gasteiger partial charge in [0.1, 0.15) is 5.60 Å². The molecule has 1 unspecified atom stereocenters. The monoisotopic (exact) mass is 264 g/mol. The summed E-state index contributed by atoms with van der Waals surface area (Å²) in [4.78, 5) is 11.3. The van der Waals surface area contributed by atoms with E-state index in [0.717, 1.165) is 6.42 Å². The van der Waals surface area contributed by atoms with Crippen molar-refractivity contribution in [2.24, 2.45) is 17.3 Å². The average Bonchev–Trinajstić information content (AvgIpc) is 2.26. The van der Waals surface area contributed by atoms with Crippen LogP contribution in [-0.4, -0.2) is 11.6 Å². The van der Waals surface area contributed by atoms with Gasteiger partial charge in [0.25, 0.3) is 0 Å². The fourth-order valence-electron chi connectivity index (χ4n) is 4.30. The summed E-state index contributed by atoms with van der Waals surface area (Å²) in [6.45, 7) is 12.4. The van der Waals surface area contributed by atoms with Crippen molar-refractivity contribution in [1.82, 2.24) is 0 Å². The van der Waals surface area contributed by atoms with Gasteiger partial charge in [0, 0.05) is 6.92 Å². The second kappa shape index (κ2) is 4.96. The zero-order chi connectivity index (χ0) is 14.3. The van der Waals surface area contributed by atoms with Crippen LogP contribution in [0.25, 0.3) is 0 Å². The van der Waals surface area contributed by atoms with E-state index in [0.29, 0.717) is 17.3 Å². The summed E-state index contributed by atoms with van der Waals surface area (Å²) in [5.41, 5.74) is 1.53. The molecule has 3 atom stereocenters. The number of rotatable bonds is 2. The summed E-state index contributed by atoms with van der Waals surface area (Å²) >= 11 is 0. The van der Waals surface area contributed by atoms with Gasteiger partial charge in [0.2, 0.25) is 0 Å². The van der Waals surface area contributed by atoms with E-state index >= 15 is 0 Å².